The van der Waals surface area contributed by atoms with E-state index in [1.807, 2.05) is 18.2 Å². The summed E-state index contributed by atoms with van der Waals surface area (Å²) in [6.07, 6.45) is 2.19. The second kappa shape index (κ2) is 7.11. The maximum Gasteiger partial charge on any atom is 0.123 e. The Balaban J connectivity index is 2.12. The Bertz CT molecular complexity index is 459. The molecule has 0 aliphatic carbocycles. The topological polar surface area (TPSA) is 65.7 Å². The molecule has 1 saturated heterocycles. The van der Waals surface area contributed by atoms with Crippen LogP contribution in [0, 0.1) is 0 Å². The van der Waals surface area contributed by atoms with E-state index in [-0.39, 0.29) is 11.6 Å². The van der Waals surface area contributed by atoms with Gasteiger partial charge in [0.2, 0.25) is 0 Å². The molecule has 5 heteroatoms. The molecule has 1 aromatic rings. The van der Waals surface area contributed by atoms with Crippen LogP contribution in [0.3, 0.4) is 0 Å². The first kappa shape index (κ1) is 16.1. The lowest BCUT2D eigenvalue weighted by atomic mass is 10.0. The monoisotopic (exact) mass is 294 g/mol. The Hall–Kier alpha value is -1.30. The number of nitrogens with one attached hydrogen (secondary N) is 1. The predicted molar refractivity (Wildman–Crippen MR) is 82.9 cm³/mol. The molecular weight excluding hydrogens is 268 g/mol. The van der Waals surface area contributed by atoms with E-state index in [9.17, 15) is 0 Å². The minimum absolute atomic E-state index is 0.0103. The second-order valence-electron chi connectivity index (χ2n) is 5.68. The molecule has 0 radical (unpaired) electrons. The van der Waals surface area contributed by atoms with E-state index in [4.69, 9.17) is 19.9 Å². The van der Waals surface area contributed by atoms with Gasteiger partial charge in [0.1, 0.15) is 11.5 Å². The molecule has 2 atom stereocenters. The first-order valence-electron chi connectivity index (χ1n) is 7.41. The molecule has 5 nitrogen and oxygen atoms in total. The molecule has 0 spiro atoms. The van der Waals surface area contributed by atoms with E-state index in [2.05, 4.69) is 12.2 Å². The van der Waals surface area contributed by atoms with E-state index >= 15 is 0 Å². The summed E-state index contributed by atoms with van der Waals surface area (Å²) in [6, 6.07) is 5.78. The highest BCUT2D eigenvalue weighted by atomic mass is 16.5. The van der Waals surface area contributed by atoms with Gasteiger partial charge in [0.15, 0.2) is 0 Å². The summed E-state index contributed by atoms with van der Waals surface area (Å²) in [7, 11) is 3.32. The van der Waals surface area contributed by atoms with Crippen LogP contribution >= 0.6 is 0 Å². The third-order valence-electron chi connectivity index (χ3n) is 4.07. The summed E-state index contributed by atoms with van der Waals surface area (Å²) in [6.45, 7) is 4.24. The number of hydrogen-bond acceptors (Lipinski definition) is 5. The van der Waals surface area contributed by atoms with E-state index in [0.29, 0.717) is 6.54 Å². The van der Waals surface area contributed by atoms with Crippen LogP contribution in [0.4, 0.5) is 0 Å². The molecule has 1 aromatic carbocycles. The maximum atomic E-state index is 5.95. The lowest BCUT2D eigenvalue weighted by Gasteiger charge is -2.28. The van der Waals surface area contributed by atoms with Crippen molar-refractivity contribution < 1.29 is 14.2 Å². The Morgan fingerprint density at radius 3 is 2.76 bits per heavy atom. The van der Waals surface area contributed by atoms with Gasteiger partial charge in [0.05, 0.1) is 19.8 Å². The van der Waals surface area contributed by atoms with Gasteiger partial charge in [-0.05, 0) is 38.0 Å². The smallest absolute Gasteiger partial charge is 0.123 e. The lowest BCUT2D eigenvalue weighted by Crippen LogP contribution is -2.41. The molecule has 1 aliphatic heterocycles. The highest BCUT2D eigenvalue weighted by Gasteiger charge is 2.30. The lowest BCUT2D eigenvalue weighted by molar-refractivity contribution is 0.0188. The van der Waals surface area contributed by atoms with Crippen molar-refractivity contribution in [3.8, 4) is 11.5 Å². The van der Waals surface area contributed by atoms with Crippen LogP contribution in [0.1, 0.15) is 31.4 Å². The van der Waals surface area contributed by atoms with E-state index in [0.717, 1.165) is 43.1 Å². The number of methoxy groups -OCH3 is 2. The van der Waals surface area contributed by atoms with Crippen LogP contribution in [-0.4, -0.2) is 39.5 Å². The third-order valence-corrected chi connectivity index (χ3v) is 4.07. The van der Waals surface area contributed by atoms with Crippen molar-refractivity contribution in [2.24, 2.45) is 5.73 Å². The fraction of sp³-hybridized carbons (Fsp3) is 0.625. The Kier molecular flexibility index (Phi) is 5.45. The van der Waals surface area contributed by atoms with Gasteiger partial charge in [0.25, 0.3) is 0 Å². The second-order valence-corrected chi connectivity index (χ2v) is 5.68. The van der Waals surface area contributed by atoms with Crippen LogP contribution in [0.25, 0.3) is 0 Å². The standard InChI is InChI=1S/C16H26N2O3/c1-16(7-4-8-21-16)11-18-14(10-17)13-9-12(19-2)5-6-15(13)20-3/h5-6,9,14,18H,4,7-8,10-11,17H2,1-3H3. The molecule has 21 heavy (non-hydrogen) atoms. The quantitative estimate of drug-likeness (QED) is 0.803. The molecule has 0 bridgehead atoms. The molecule has 118 valence electrons. The van der Waals surface area contributed by atoms with Crippen LogP contribution in [-0.2, 0) is 4.74 Å². The van der Waals surface area contributed by atoms with Gasteiger partial charge >= 0.3 is 0 Å². The van der Waals surface area contributed by atoms with Gasteiger partial charge in [-0.2, -0.15) is 0 Å². The fourth-order valence-electron chi connectivity index (χ4n) is 2.75. The highest BCUT2D eigenvalue weighted by molar-refractivity contribution is 5.42. The molecule has 1 aliphatic rings. The van der Waals surface area contributed by atoms with Gasteiger partial charge in [-0.3, -0.25) is 0 Å². The maximum absolute atomic E-state index is 5.95. The molecule has 0 saturated carbocycles. The largest absolute Gasteiger partial charge is 0.497 e. The number of ether oxygens (including phenoxy) is 3. The van der Waals surface area contributed by atoms with Gasteiger partial charge in [-0.25, -0.2) is 0 Å². The van der Waals surface area contributed by atoms with Gasteiger partial charge < -0.3 is 25.3 Å². The number of rotatable bonds is 7. The summed E-state index contributed by atoms with van der Waals surface area (Å²) in [5.41, 5.74) is 6.87. The first-order valence-corrected chi connectivity index (χ1v) is 7.41. The van der Waals surface area contributed by atoms with Crippen LogP contribution < -0.4 is 20.5 Å². The average Bonchev–Trinajstić information content (AvgIpc) is 2.94. The first-order chi connectivity index (χ1) is 10.1. The van der Waals surface area contributed by atoms with E-state index in [1.165, 1.54) is 0 Å². The summed E-state index contributed by atoms with van der Waals surface area (Å²) in [5, 5.41) is 3.51. The van der Waals surface area contributed by atoms with Gasteiger partial charge in [-0.1, -0.05) is 0 Å². The molecule has 0 amide bonds. The number of nitrogens with two attached hydrogens (primary N) is 1. The fourth-order valence-corrected chi connectivity index (χ4v) is 2.75. The van der Waals surface area contributed by atoms with Crippen LogP contribution in [0.5, 0.6) is 11.5 Å². The average molecular weight is 294 g/mol. The van der Waals surface area contributed by atoms with E-state index < -0.39 is 0 Å². The molecule has 1 heterocycles. The summed E-state index contributed by atoms with van der Waals surface area (Å²) in [5.74, 6) is 1.62. The summed E-state index contributed by atoms with van der Waals surface area (Å²) in [4.78, 5) is 0. The summed E-state index contributed by atoms with van der Waals surface area (Å²) < 4.78 is 16.6. The van der Waals surface area contributed by atoms with Crippen molar-refractivity contribution in [2.75, 3.05) is 33.9 Å². The van der Waals surface area contributed by atoms with Crippen molar-refractivity contribution in [1.82, 2.24) is 5.32 Å². The molecule has 3 N–H and O–H groups in total. The molecular formula is C16H26N2O3. The third kappa shape index (κ3) is 3.87. The normalized spacial score (nSPS) is 23.0. The van der Waals surface area contributed by atoms with Crippen molar-refractivity contribution >= 4 is 0 Å². The molecule has 0 aromatic heterocycles. The SMILES string of the molecule is COc1ccc(OC)c(C(CN)NCC2(C)CCCO2)c1. The summed E-state index contributed by atoms with van der Waals surface area (Å²) >= 11 is 0. The van der Waals surface area contributed by atoms with Gasteiger partial charge in [-0.15, -0.1) is 0 Å². The Labute approximate surface area is 126 Å². The van der Waals surface area contributed by atoms with Crippen molar-refractivity contribution in [1.29, 1.82) is 0 Å². The van der Waals surface area contributed by atoms with E-state index in [1.54, 1.807) is 14.2 Å². The minimum Gasteiger partial charge on any atom is -0.497 e. The van der Waals surface area contributed by atoms with Crippen molar-refractivity contribution in [3.05, 3.63) is 23.8 Å². The van der Waals surface area contributed by atoms with Crippen molar-refractivity contribution in [2.45, 2.75) is 31.4 Å². The zero-order valence-electron chi connectivity index (χ0n) is 13.1. The number of hydrogen-bond donors (Lipinski definition) is 2. The zero-order chi connectivity index (χ0) is 15.3. The van der Waals surface area contributed by atoms with Crippen molar-refractivity contribution in [3.63, 3.8) is 0 Å². The molecule has 2 rings (SSSR count). The molecule has 2 unspecified atom stereocenters. The minimum atomic E-state index is -0.0977. The van der Waals surface area contributed by atoms with Crippen LogP contribution in [0.2, 0.25) is 0 Å². The molecule has 1 fully saturated rings. The van der Waals surface area contributed by atoms with Gasteiger partial charge in [0, 0.05) is 31.3 Å². The number of benzene rings is 1. The van der Waals surface area contributed by atoms with Crippen LogP contribution in [0.15, 0.2) is 18.2 Å². The highest BCUT2D eigenvalue weighted by Crippen LogP contribution is 2.30. The predicted octanol–water partition coefficient (Wildman–Crippen LogP) is 1.86. The Morgan fingerprint density at radius 2 is 2.19 bits per heavy atom. The zero-order valence-corrected chi connectivity index (χ0v) is 13.1. The Morgan fingerprint density at radius 1 is 1.38 bits per heavy atom.